The smallest absolute Gasteiger partial charge is 0.0702 e. The molecule has 1 saturated heterocycles. The summed E-state index contributed by atoms with van der Waals surface area (Å²) in [5, 5.41) is 0. The Kier molecular flexibility index (Phi) is 5.23. The zero-order chi connectivity index (χ0) is 13.7. The number of anilines is 1. The highest BCUT2D eigenvalue weighted by Gasteiger charge is 2.19. The maximum atomic E-state index is 5.85. The van der Waals surface area contributed by atoms with Crippen molar-refractivity contribution in [2.75, 3.05) is 18.9 Å². The number of rotatable bonds is 5. The summed E-state index contributed by atoms with van der Waals surface area (Å²) in [6.07, 6.45) is 4.13. The second-order valence-electron chi connectivity index (χ2n) is 5.75. The number of nitrogen functional groups attached to an aromatic ring is 1. The molecule has 0 aromatic heterocycles. The van der Waals surface area contributed by atoms with E-state index in [0.717, 1.165) is 25.4 Å². The van der Waals surface area contributed by atoms with E-state index >= 15 is 0 Å². The minimum Gasteiger partial charge on any atom is -0.399 e. The Hall–Kier alpha value is -1.06. The number of hydrogen-bond acceptors (Lipinski definition) is 3. The molecule has 0 amide bonds. The molecule has 3 nitrogen and oxygen atoms in total. The lowest BCUT2D eigenvalue weighted by molar-refractivity contribution is -0.0129. The van der Waals surface area contributed by atoms with Crippen LogP contribution in [0.5, 0.6) is 0 Å². The Morgan fingerprint density at radius 2 is 2.00 bits per heavy atom. The number of ether oxygens (including phenoxy) is 1. The van der Waals surface area contributed by atoms with Crippen LogP contribution in [-0.4, -0.2) is 30.2 Å². The summed E-state index contributed by atoms with van der Waals surface area (Å²) in [7, 11) is 0. The molecule has 0 unspecified atom stereocenters. The first-order chi connectivity index (χ1) is 9.15. The molecule has 1 aliphatic heterocycles. The van der Waals surface area contributed by atoms with Gasteiger partial charge in [0.25, 0.3) is 0 Å². The average Bonchev–Trinajstić information content (AvgIpc) is 2.41. The second kappa shape index (κ2) is 6.92. The molecule has 0 aliphatic carbocycles. The van der Waals surface area contributed by atoms with Gasteiger partial charge in [-0.1, -0.05) is 12.1 Å². The van der Waals surface area contributed by atoms with E-state index in [4.69, 9.17) is 10.5 Å². The van der Waals surface area contributed by atoms with E-state index in [1.54, 1.807) is 0 Å². The van der Waals surface area contributed by atoms with Crippen LogP contribution in [0.4, 0.5) is 5.69 Å². The number of benzene rings is 1. The van der Waals surface area contributed by atoms with E-state index in [9.17, 15) is 0 Å². The zero-order valence-electron chi connectivity index (χ0n) is 12.1. The Morgan fingerprint density at radius 3 is 2.58 bits per heavy atom. The van der Waals surface area contributed by atoms with Gasteiger partial charge in [0.05, 0.1) is 6.10 Å². The van der Waals surface area contributed by atoms with Crippen LogP contribution in [0.3, 0.4) is 0 Å². The van der Waals surface area contributed by atoms with Crippen LogP contribution in [0.2, 0.25) is 0 Å². The molecule has 106 valence electrons. The molecule has 0 bridgehead atoms. The third-order valence-electron chi connectivity index (χ3n) is 3.81. The van der Waals surface area contributed by atoms with Gasteiger partial charge in [-0.05, 0) is 50.8 Å². The van der Waals surface area contributed by atoms with Crippen LogP contribution < -0.4 is 5.73 Å². The molecule has 0 saturated carbocycles. The van der Waals surface area contributed by atoms with Crippen LogP contribution in [0.25, 0.3) is 0 Å². The van der Waals surface area contributed by atoms with Crippen molar-refractivity contribution in [2.45, 2.75) is 51.8 Å². The van der Waals surface area contributed by atoms with Gasteiger partial charge in [-0.3, -0.25) is 4.90 Å². The molecule has 2 N–H and O–H groups in total. The Balaban J connectivity index is 1.93. The Labute approximate surface area is 116 Å². The lowest BCUT2D eigenvalue weighted by atomic mass is 10.1. The molecule has 1 aromatic rings. The van der Waals surface area contributed by atoms with Crippen molar-refractivity contribution in [1.29, 1.82) is 0 Å². The third kappa shape index (κ3) is 4.51. The lowest BCUT2D eigenvalue weighted by Gasteiger charge is -2.32. The molecule has 1 atom stereocenters. The Morgan fingerprint density at radius 1 is 1.26 bits per heavy atom. The summed E-state index contributed by atoms with van der Waals surface area (Å²) < 4.78 is 5.85. The van der Waals surface area contributed by atoms with Gasteiger partial charge in [0.2, 0.25) is 0 Å². The van der Waals surface area contributed by atoms with E-state index in [1.807, 2.05) is 12.1 Å². The predicted octanol–water partition coefficient (Wildman–Crippen LogP) is 3.05. The topological polar surface area (TPSA) is 38.5 Å². The van der Waals surface area contributed by atoms with Gasteiger partial charge in [-0.2, -0.15) is 0 Å². The van der Waals surface area contributed by atoms with E-state index in [0.29, 0.717) is 12.1 Å². The zero-order valence-corrected chi connectivity index (χ0v) is 12.1. The Bertz CT molecular complexity index is 369. The van der Waals surface area contributed by atoms with Crippen LogP contribution in [-0.2, 0) is 11.3 Å². The molecule has 1 heterocycles. The fourth-order valence-corrected chi connectivity index (χ4v) is 2.53. The fourth-order valence-electron chi connectivity index (χ4n) is 2.53. The van der Waals surface area contributed by atoms with Gasteiger partial charge in [0.15, 0.2) is 0 Å². The van der Waals surface area contributed by atoms with Crippen LogP contribution in [0, 0.1) is 0 Å². The highest BCUT2D eigenvalue weighted by Crippen LogP contribution is 2.17. The number of hydrogen-bond donors (Lipinski definition) is 1. The van der Waals surface area contributed by atoms with Gasteiger partial charge >= 0.3 is 0 Å². The molecular weight excluding hydrogens is 236 g/mol. The highest BCUT2D eigenvalue weighted by molar-refractivity contribution is 5.39. The SMILES string of the molecule is CC(C)N(Cc1ccc(N)cc1)C[C@@H]1CCCCO1. The monoisotopic (exact) mass is 262 g/mol. The number of nitrogens with two attached hydrogens (primary N) is 1. The van der Waals surface area contributed by atoms with Crippen molar-refractivity contribution in [3.63, 3.8) is 0 Å². The highest BCUT2D eigenvalue weighted by atomic mass is 16.5. The molecule has 0 radical (unpaired) electrons. The summed E-state index contributed by atoms with van der Waals surface area (Å²) in [4.78, 5) is 2.49. The standard InChI is InChI=1S/C16H26N2O/c1-13(2)18(12-16-5-3-4-10-19-16)11-14-6-8-15(17)9-7-14/h6-9,13,16H,3-5,10-12,17H2,1-2H3/t16-/m0/s1. The van der Waals surface area contributed by atoms with Crippen LogP contribution >= 0.6 is 0 Å². The molecule has 1 aromatic carbocycles. The van der Waals surface area contributed by atoms with Gasteiger partial charge in [0, 0.05) is 31.4 Å². The molecule has 0 spiro atoms. The van der Waals surface area contributed by atoms with Crippen molar-refractivity contribution < 1.29 is 4.74 Å². The van der Waals surface area contributed by atoms with Gasteiger partial charge in [-0.15, -0.1) is 0 Å². The summed E-state index contributed by atoms with van der Waals surface area (Å²) >= 11 is 0. The van der Waals surface area contributed by atoms with Gasteiger partial charge in [-0.25, -0.2) is 0 Å². The first-order valence-electron chi connectivity index (χ1n) is 7.35. The van der Waals surface area contributed by atoms with E-state index in [1.165, 1.54) is 24.8 Å². The molecule has 3 heteroatoms. The van der Waals surface area contributed by atoms with Crippen molar-refractivity contribution in [3.05, 3.63) is 29.8 Å². The van der Waals surface area contributed by atoms with Crippen LogP contribution in [0.15, 0.2) is 24.3 Å². The largest absolute Gasteiger partial charge is 0.399 e. The van der Waals surface area contributed by atoms with Crippen LogP contribution in [0.1, 0.15) is 38.7 Å². The maximum Gasteiger partial charge on any atom is 0.0702 e. The lowest BCUT2D eigenvalue weighted by Crippen LogP contribution is -2.39. The second-order valence-corrected chi connectivity index (χ2v) is 5.75. The van der Waals surface area contributed by atoms with E-state index < -0.39 is 0 Å². The van der Waals surface area contributed by atoms with Crippen molar-refractivity contribution in [3.8, 4) is 0 Å². The minimum absolute atomic E-state index is 0.407. The van der Waals surface area contributed by atoms with Gasteiger partial charge < -0.3 is 10.5 Å². The summed E-state index contributed by atoms with van der Waals surface area (Å²) in [5.41, 5.74) is 7.88. The normalized spacial score (nSPS) is 20.1. The summed E-state index contributed by atoms with van der Waals surface area (Å²) in [5.74, 6) is 0. The van der Waals surface area contributed by atoms with Crippen molar-refractivity contribution in [2.24, 2.45) is 0 Å². The first kappa shape index (κ1) is 14.4. The molecule has 2 rings (SSSR count). The third-order valence-corrected chi connectivity index (χ3v) is 3.81. The van der Waals surface area contributed by atoms with Crippen molar-refractivity contribution >= 4 is 5.69 Å². The van der Waals surface area contributed by atoms with Crippen molar-refractivity contribution in [1.82, 2.24) is 4.90 Å². The maximum absolute atomic E-state index is 5.85. The number of nitrogens with zero attached hydrogens (tertiary/aromatic N) is 1. The van der Waals surface area contributed by atoms with E-state index in [-0.39, 0.29) is 0 Å². The molecule has 19 heavy (non-hydrogen) atoms. The summed E-state index contributed by atoms with van der Waals surface area (Å²) in [6.45, 7) is 7.43. The minimum atomic E-state index is 0.407. The van der Waals surface area contributed by atoms with Gasteiger partial charge in [0.1, 0.15) is 0 Å². The molecule has 1 aliphatic rings. The predicted molar refractivity (Wildman–Crippen MR) is 80.0 cm³/mol. The average molecular weight is 262 g/mol. The molecular formula is C16H26N2O. The summed E-state index contributed by atoms with van der Waals surface area (Å²) in [6, 6.07) is 8.72. The molecule has 1 fully saturated rings. The first-order valence-corrected chi connectivity index (χ1v) is 7.35. The fraction of sp³-hybridized carbons (Fsp3) is 0.625. The quantitative estimate of drug-likeness (QED) is 0.829. The van der Waals surface area contributed by atoms with E-state index in [2.05, 4.69) is 30.9 Å².